The van der Waals surface area contributed by atoms with Crippen molar-refractivity contribution in [2.45, 2.75) is 26.9 Å². The molecule has 0 fully saturated rings. The zero-order valence-electron chi connectivity index (χ0n) is 16.5. The zero-order valence-corrected chi connectivity index (χ0v) is 16.5. The molecule has 0 aliphatic carbocycles. The van der Waals surface area contributed by atoms with Crippen molar-refractivity contribution in [1.82, 2.24) is 24.9 Å². The number of para-hydroxylation sites is 1. The Morgan fingerprint density at radius 3 is 2.62 bits per heavy atom. The van der Waals surface area contributed by atoms with Crippen LogP contribution in [0.15, 0.2) is 73.1 Å². The van der Waals surface area contributed by atoms with Gasteiger partial charge < -0.3 is 5.32 Å². The van der Waals surface area contributed by atoms with E-state index in [1.165, 1.54) is 0 Å². The van der Waals surface area contributed by atoms with Crippen LogP contribution >= 0.6 is 0 Å². The first-order chi connectivity index (χ1) is 14.1. The van der Waals surface area contributed by atoms with E-state index in [1.54, 1.807) is 6.20 Å². The third-order valence-corrected chi connectivity index (χ3v) is 4.96. The van der Waals surface area contributed by atoms with Gasteiger partial charge in [-0.2, -0.15) is 10.2 Å². The van der Waals surface area contributed by atoms with Crippen molar-refractivity contribution >= 4 is 5.91 Å². The van der Waals surface area contributed by atoms with E-state index in [-0.39, 0.29) is 5.91 Å². The van der Waals surface area contributed by atoms with Crippen molar-refractivity contribution in [3.63, 3.8) is 0 Å². The number of rotatable bonds is 6. The van der Waals surface area contributed by atoms with Gasteiger partial charge in [0.05, 0.1) is 17.9 Å². The average molecular weight is 385 g/mol. The molecule has 4 rings (SSSR count). The lowest BCUT2D eigenvalue weighted by atomic mass is 10.1. The summed E-state index contributed by atoms with van der Waals surface area (Å²) in [6, 6.07) is 19.5. The lowest BCUT2D eigenvalue weighted by Gasteiger charge is -2.09. The van der Waals surface area contributed by atoms with Crippen LogP contribution in [0.1, 0.15) is 32.9 Å². The maximum absolute atomic E-state index is 12.7. The summed E-state index contributed by atoms with van der Waals surface area (Å²) >= 11 is 0. The van der Waals surface area contributed by atoms with Gasteiger partial charge in [0.15, 0.2) is 0 Å². The molecule has 0 aliphatic rings. The van der Waals surface area contributed by atoms with Crippen LogP contribution in [0.2, 0.25) is 0 Å². The second kappa shape index (κ2) is 8.14. The molecule has 1 amide bonds. The maximum Gasteiger partial charge on any atom is 0.251 e. The van der Waals surface area contributed by atoms with Crippen LogP contribution in [-0.4, -0.2) is 25.5 Å². The van der Waals surface area contributed by atoms with E-state index in [0.717, 1.165) is 28.2 Å². The maximum atomic E-state index is 12.7. The molecule has 6 nitrogen and oxygen atoms in total. The fourth-order valence-corrected chi connectivity index (χ4v) is 3.41. The van der Waals surface area contributed by atoms with Crippen molar-refractivity contribution in [3.8, 4) is 5.69 Å². The first-order valence-corrected chi connectivity index (χ1v) is 9.57. The van der Waals surface area contributed by atoms with Gasteiger partial charge in [-0.15, -0.1) is 0 Å². The van der Waals surface area contributed by atoms with E-state index in [2.05, 4.69) is 15.5 Å². The summed E-state index contributed by atoms with van der Waals surface area (Å²) in [5, 5.41) is 11.9. The number of aryl methyl sites for hydroxylation is 1. The highest BCUT2D eigenvalue weighted by atomic mass is 16.1. The fourth-order valence-electron chi connectivity index (χ4n) is 3.41. The van der Waals surface area contributed by atoms with Gasteiger partial charge in [0, 0.05) is 35.8 Å². The smallest absolute Gasteiger partial charge is 0.251 e. The molecular weight excluding hydrogens is 362 g/mol. The number of hydrogen-bond acceptors (Lipinski definition) is 3. The third-order valence-electron chi connectivity index (χ3n) is 4.96. The lowest BCUT2D eigenvalue weighted by Crippen LogP contribution is -2.23. The van der Waals surface area contributed by atoms with Crippen molar-refractivity contribution in [3.05, 3.63) is 101 Å². The molecule has 2 heterocycles. The van der Waals surface area contributed by atoms with Gasteiger partial charge in [0.25, 0.3) is 5.91 Å². The summed E-state index contributed by atoms with van der Waals surface area (Å²) in [6.45, 7) is 5.07. The number of carbonyl (C=O) groups is 1. The summed E-state index contributed by atoms with van der Waals surface area (Å²) < 4.78 is 3.75. The summed E-state index contributed by atoms with van der Waals surface area (Å²) in [5.41, 5.74) is 5.67. The molecule has 0 atom stereocenters. The number of carbonyl (C=O) groups excluding carboxylic acids is 1. The van der Waals surface area contributed by atoms with Gasteiger partial charge in [0.1, 0.15) is 0 Å². The van der Waals surface area contributed by atoms with Crippen LogP contribution in [0.4, 0.5) is 0 Å². The molecule has 6 heteroatoms. The minimum Gasteiger partial charge on any atom is -0.348 e. The van der Waals surface area contributed by atoms with Crippen molar-refractivity contribution in [2.24, 2.45) is 0 Å². The highest BCUT2D eigenvalue weighted by Crippen LogP contribution is 2.18. The highest BCUT2D eigenvalue weighted by Gasteiger charge is 2.14. The van der Waals surface area contributed by atoms with Crippen LogP contribution in [-0.2, 0) is 13.1 Å². The minimum atomic E-state index is -0.0985. The predicted molar refractivity (Wildman–Crippen MR) is 112 cm³/mol. The summed E-state index contributed by atoms with van der Waals surface area (Å²) in [6.07, 6.45) is 3.65. The molecule has 0 aliphatic heterocycles. The van der Waals surface area contributed by atoms with Crippen LogP contribution in [0.25, 0.3) is 5.69 Å². The van der Waals surface area contributed by atoms with Gasteiger partial charge in [-0.05, 0) is 49.7 Å². The molecule has 0 spiro atoms. The Morgan fingerprint density at radius 2 is 1.86 bits per heavy atom. The molecule has 29 heavy (non-hydrogen) atoms. The molecule has 0 unspecified atom stereocenters. The van der Waals surface area contributed by atoms with Crippen LogP contribution in [0, 0.1) is 13.8 Å². The monoisotopic (exact) mass is 385 g/mol. The van der Waals surface area contributed by atoms with Crippen LogP contribution < -0.4 is 5.32 Å². The second-order valence-electron chi connectivity index (χ2n) is 6.98. The van der Waals surface area contributed by atoms with E-state index in [0.29, 0.717) is 18.7 Å². The van der Waals surface area contributed by atoms with Crippen LogP contribution in [0.3, 0.4) is 0 Å². The number of hydrogen-bond donors (Lipinski definition) is 1. The fraction of sp³-hybridized carbons (Fsp3) is 0.174. The number of aromatic nitrogens is 4. The van der Waals surface area contributed by atoms with E-state index >= 15 is 0 Å². The van der Waals surface area contributed by atoms with Gasteiger partial charge >= 0.3 is 0 Å². The Kier molecular flexibility index (Phi) is 5.24. The van der Waals surface area contributed by atoms with Crippen molar-refractivity contribution in [1.29, 1.82) is 0 Å². The molecule has 0 radical (unpaired) electrons. The SMILES string of the molecule is Cc1nn(-c2ccccc2)c(C)c1CNC(=O)c1cccc(Cn2cccn2)c1. The first-order valence-electron chi connectivity index (χ1n) is 9.57. The Bertz CT molecular complexity index is 1110. The largest absolute Gasteiger partial charge is 0.348 e. The second-order valence-corrected chi connectivity index (χ2v) is 6.98. The third kappa shape index (κ3) is 4.11. The van der Waals surface area contributed by atoms with Gasteiger partial charge in [0.2, 0.25) is 0 Å². The van der Waals surface area contributed by atoms with Crippen LogP contribution in [0.5, 0.6) is 0 Å². The van der Waals surface area contributed by atoms with E-state index in [9.17, 15) is 4.79 Å². The van der Waals surface area contributed by atoms with E-state index < -0.39 is 0 Å². The Balaban J connectivity index is 1.47. The summed E-state index contributed by atoms with van der Waals surface area (Å²) in [4.78, 5) is 12.7. The lowest BCUT2D eigenvalue weighted by molar-refractivity contribution is 0.0950. The Hall–Kier alpha value is -3.67. The highest BCUT2D eigenvalue weighted by molar-refractivity contribution is 5.94. The van der Waals surface area contributed by atoms with Crippen molar-refractivity contribution < 1.29 is 4.79 Å². The van der Waals surface area contributed by atoms with Gasteiger partial charge in [-0.25, -0.2) is 4.68 Å². The Morgan fingerprint density at radius 1 is 1.03 bits per heavy atom. The number of benzene rings is 2. The van der Waals surface area contributed by atoms with Gasteiger partial charge in [-0.1, -0.05) is 30.3 Å². The molecule has 2 aromatic heterocycles. The number of nitrogens with one attached hydrogen (secondary N) is 1. The zero-order chi connectivity index (χ0) is 20.2. The first kappa shape index (κ1) is 18.7. The standard InChI is InChI=1S/C23H23N5O/c1-17-22(18(2)28(26-17)21-10-4-3-5-11-21)15-24-23(29)20-9-6-8-19(14-20)16-27-13-7-12-25-27/h3-14H,15-16H2,1-2H3,(H,24,29). The molecule has 0 bridgehead atoms. The quantitative estimate of drug-likeness (QED) is 0.551. The number of nitrogens with zero attached hydrogens (tertiary/aromatic N) is 4. The van der Waals surface area contributed by atoms with Crippen molar-refractivity contribution in [2.75, 3.05) is 0 Å². The molecule has 4 aromatic rings. The molecular formula is C23H23N5O. The number of amides is 1. The molecule has 0 saturated heterocycles. The molecule has 2 aromatic carbocycles. The normalized spacial score (nSPS) is 10.8. The average Bonchev–Trinajstić information content (AvgIpc) is 3.35. The Labute approximate surface area is 169 Å². The van der Waals surface area contributed by atoms with E-state index in [1.807, 2.05) is 90.1 Å². The summed E-state index contributed by atoms with van der Waals surface area (Å²) in [5.74, 6) is -0.0985. The minimum absolute atomic E-state index is 0.0985. The molecule has 1 N–H and O–H groups in total. The molecule has 0 saturated carbocycles. The van der Waals surface area contributed by atoms with E-state index in [4.69, 9.17) is 0 Å². The topological polar surface area (TPSA) is 64.7 Å². The predicted octanol–water partition coefficient (Wildman–Crippen LogP) is 3.66. The molecule has 146 valence electrons. The van der Waals surface area contributed by atoms with Gasteiger partial charge in [-0.3, -0.25) is 9.48 Å². The summed E-state index contributed by atoms with van der Waals surface area (Å²) in [7, 11) is 0.